The van der Waals surface area contributed by atoms with Crippen LogP contribution in [0.4, 0.5) is 0 Å². The molecule has 4 heteroatoms. The largest absolute Gasteiger partial charge is 0.381 e. The molecule has 18 heavy (non-hydrogen) atoms. The highest BCUT2D eigenvalue weighted by molar-refractivity contribution is 5.12. The third-order valence-corrected chi connectivity index (χ3v) is 3.86. The van der Waals surface area contributed by atoms with Crippen molar-refractivity contribution in [3.63, 3.8) is 0 Å². The molecule has 1 unspecified atom stereocenters. The van der Waals surface area contributed by atoms with E-state index in [-0.39, 0.29) is 6.04 Å². The van der Waals surface area contributed by atoms with E-state index in [2.05, 4.69) is 29.1 Å². The lowest BCUT2D eigenvalue weighted by atomic mass is 9.82. The second kappa shape index (κ2) is 5.76. The number of aryl methyl sites for hydroxylation is 1. The topological polar surface area (TPSA) is 47.0 Å². The molecule has 4 nitrogen and oxygen atoms in total. The molecule has 0 aliphatic carbocycles. The molecule has 2 heterocycles. The zero-order valence-corrected chi connectivity index (χ0v) is 11.6. The van der Waals surface area contributed by atoms with Crippen molar-refractivity contribution in [1.29, 1.82) is 0 Å². The fraction of sp³-hybridized carbons (Fsp3) is 0.714. The maximum absolute atomic E-state index is 5.43. The lowest BCUT2D eigenvalue weighted by molar-refractivity contribution is 0.0230. The number of ether oxygens (including phenoxy) is 1. The van der Waals surface area contributed by atoms with Crippen molar-refractivity contribution in [2.45, 2.75) is 39.7 Å². The van der Waals surface area contributed by atoms with Crippen LogP contribution in [0.5, 0.6) is 0 Å². The van der Waals surface area contributed by atoms with Gasteiger partial charge in [0.1, 0.15) is 0 Å². The first-order valence-corrected chi connectivity index (χ1v) is 6.69. The second-order valence-corrected chi connectivity index (χ2v) is 5.55. The predicted molar refractivity (Wildman–Crippen MR) is 71.3 cm³/mol. The Morgan fingerprint density at radius 3 is 2.67 bits per heavy atom. The van der Waals surface area contributed by atoms with Crippen LogP contribution in [0.2, 0.25) is 0 Å². The van der Waals surface area contributed by atoms with E-state index in [4.69, 9.17) is 4.74 Å². The van der Waals surface area contributed by atoms with Gasteiger partial charge in [-0.3, -0.25) is 9.97 Å². The van der Waals surface area contributed by atoms with Crippen LogP contribution in [0.25, 0.3) is 0 Å². The lowest BCUT2D eigenvalue weighted by Crippen LogP contribution is -2.38. The molecule has 1 aromatic rings. The van der Waals surface area contributed by atoms with Crippen LogP contribution in [-0.2, 0) is 4.74 Å². The SMILES string of the molecule is Cc1nccnc1C(C)NCC1(C)CCOCC1. The summed E-state index contributed by atoms with van der Waals surface area (Å²) in [5.74, 6) is 0. The fourth-order valence-electron chi connectivity index (χ4n) is 2.38. The second-order valence-electron chi connectivity index (χ2n) is 5.55. The van der Waals surface area contributed by atoms with Crippen molar-refractivity contribution in [3.8, 4) is 0 Å². The van der Waals surface area contributed by atoms with Crippen molar-refractivity contribution in [2.24, 2.45) is 5.41 Å². The standard InChI is InChI=1S/C14H23N3O/c1-11-13(16-7-6-15-11)12(2)17-10-14(3)4-8-18-9-5-14/h6-7,12,17H,4-5,8-10H2,1-3H3. The smallest absolute Gasteiger partial charge is 0.0782 e. The van der Waals surface area contributed by atoms with Crippen molar-refractivity contribution in [3.05, 3.63) is 23.8 Å². The van der Waals surface area contributed by atoms with Crippen molar-refractivity contribution in [1.82, 2.24) is 15.3 Å². The minimum absolute atomic E-state index is 0.248. The maximum Gasteiger partial charge on any atom is 0.0782 e. The highest BCUT2D eigenvalue weighted by Crippen LogP contribution is 2.29. The molecule has 1 aromatic heterocycles. The summed E-state index contributed by atoms with van der Waals surface area (Å²) in [6, 6.07) is 0.248. The number of nitrogens with one attached hydrogen (secondary N) is 1. The number of rotatable bonds is 4. The Balaban J connectivity index is 1.92. The molecule has 0 bridgehead atoms. The van der Waals surface area contributed by atoms with Crippen molar-refractivity contribution < 1.29 is 4.74 Å². The molecule has 1 aliphatic heterocycles. The van der Waals surface area contributed by atoms with Crippen LogP contribution >= 0.6 is 0 Å². The molecule has 1 fully saturated rings. The molecule has 0 aromatic carbocycles. The van der Waals surface area contributed by atoms with E-state index in [9.17, 15) is 0 Å². The first-order chi connectivity index (χ1) is 8.61. The molecule has 0 spiro atoms. The molecule has 1 aliphatic rings. The number of hydrogen-bond acceptors (Lipinski definition) is 4. The minimum atomic E-state index is 0.248. The van der Waals surface area contributed by atoms with Gasteiger partial charge in [-0.1, -0.05) is 6.92 Å². The Morgan fingerprint density at radius 2 is 2.00 bits per heavy atom. The van der Waals surface area contributed by atoms with Crippen LogP contribution in [0.3, 0.4) is 0 Å². The average Bonchev–Trinajstić information content (AvgIpc) is 2.38. The maximum atomic E-state index is 5.43. The third kappa shape index (κ3) is 3.27. The van der Waals surface area contributed by atoms with Gasteiger partial charge in [-0.2, -0.15) is 0 Å². The van der Waals surface area contributed by atoms with Gasteiger partial charge < -0.3 is 10.1 Å². The Labute approximate surface area is 109 Å². The molecule has 0 radical (unpaired) electrons. The summed E-state index contributed by atoms with van der Waals surface area (Å²) in [6.07, 6.45) is 5.76. The quantitative estimate of drug-likeness (QED) is 0.889. The van der Waals surface area contributed by atoms with Crippen LogP contribution in [-0.4, -0.2) is 29.7 Å². The molecular weight excluding hydrogens is 226 g/mol. The van der Waals surface area contributed by atoms with Gasteiger partial charge in [0.2, 0.25) is 0 Å². The van der Waals surface area contributed by atoms with Crippen LogP contribution in [0, 0.1) is 12.3 Å². The highest BCUT2D eigenvalue weighted by Gasteiger charge is 2.27. The van der Waals surface area contributed by atoms with E-state index in [1.54, 1.807) is 12.4 Å². The summed E-state index contributed by atoms with van der Waals surface area (Å²) in [5, 5.41) is 3.59. The first-order valence-electron chi connectivity index (χ1n) is 6.69. The van der Waals surface area contributed by atoms with Gasteiger partial charge in [-0.15, -0.1) is 0 Å². The number of nitrogens with zero attached hydrogens (tertiary/aromatic N) is 2. The van der Waals surface area contributed by atoms with Gasteiger partial charge in [0.05, 0.1) is 11.4 Å². The van der Waals surface area contributed by atoms with E-state index < -0.39 is 0 Å². The van der Waals surface area contributed by atoms with Gasteiger partial charge in [-0.05, 0) is 32.1 Å². The first kappa shape index (κ1) is 13.4. The number of aromatic nitrogens is 2. The van der Waals surface area contributed by atoms with Gasteiger partial charge in [0.15, 0.2) is 0 Å². The Bertz CT molecular complexity index is 388. The number of hydrogen-bond donors (Lipinski definition) is 1. The van der Waals surface area contributed by atoms with E-state index in [1.807, 2.05) is 6.92 Å². The normalized spacial score (nSPS) is 20.6. The van der Waals surface area contributed by atoms with E-state index in [1.165, 1.54) is 0 Å². The average molecular weight is 249 g/mol. The van der Waals surface area contributed by atoms with Crippen molar-refractivity contribution >= 4 is 0 Å². The van der Waals surface area contributed by atoms with E-state index in [0.29, 0.717) is 5.41 Å². The molecule has 100 valence electrons. The highest BCUT2D eigenvalue weighted by atomic mass is 16.5. The molecule has 2 rings (SSSR count). The molecule has 1 N–H and O–H groups in total. The van der Waals surface area contributed by atoms with Crippen LogP contribution in [0.15, 0.2) is 12.4 Å². The van der Waals surface area contributed by atoms with Crippen LogP contribution in [0.1, 0.15) is 44.1 Å². The predicted octanol–water partition coefficient (Wildman–Crippen LogP) is 2.25. The van der Waals surface area contributed by atoms with Gasteiger partial charge in [-0.25, -0.2) is 0 Å². The summed E-state index contributed by atoms with van der Waals surface area (Å²) < 4.78 is 5.43. The fourth-order valence-corrected chi connectivity index (χ4v) is 2.38. The molecular formula is C14H23N3O. The molecule has 1 atom stereocenters. The zero-order chi connectivity index (χ0) is 13.0. The van der Waals surface area contributed by atoms with Crippen molar-refractivity contribution in [2.75, 3.05) is 19.8 Å². The monoisotopic (exact) mass is 249 g/mol. The minimum Gasteiger partial charge on any atom is -0.381 e. The third-order valence-electron chi connectivity index (χ3n) is 3.86. The zero-order valence-electron chi connectivity index (χ0n) is 11.6. The van der Waals surface area contributed by atoms with Crippen LogP contribution < -0.4 is 5.32 Å². The Hall–Kier alpha value is -1.00. The molecule has 1 saturated heterocycles. The lowest BCUT2D eigenvalue weighted by Gasteiger charge is -2.34. The van der Waals surface area contributed by atoms with Gasteiger partial charge in [0, 0.05) is 38.2 Å². The van der Waals surface area contributed by atoms with Gasteiger partial charge in [0.25, 0.3) is 0 Å². The Morgan fingerprint density at radius 1 is 1.33 bits per heavy atom. The summed E-state index contributed by atoms with van der Waals surface area (Å²) in [4.78, 5) is 8.70. The van der Waals surface area contributed by atoms with E-state index in [0.717, 1.165) is 44.0 Å². The summed E-state index contributed by atoms with van der Waals surface area (Å²) in [7, 11) is 0. The molecule has 0 saturated carbocycles. The summed E-state index contributed by atoms with van der Waals surface area (Å²) >= 11 is 0. The van der Waals surface area contributed by atoms with Gasteiger partial charge >= 0.3 is 0 Å². The van der Waals surface area contributed by atoms with E-state index >= 15 is 0 Å². The molecule has 0 amide bonds. The Kier molecular flexibility index (Phi) is 4.30. The summed E-state index contributed by atoms with van der Waals surface area (Å²) in [5.41, 5.74) is 2.41. The summed E-state index contributed by atoms with van der Waals surface area (Å²) in [6.45, 7) is 9.27.